The summed E-state index contributed by atoms with van der Waals surface area (Å²) in [5.74, 6) is 0.707. The standard InChI is InChI=1S/C16H12N3O/c1-20-16-9-6-14(11-17)13(10-16)5-2-12-3-7-15(19-18)8-4-12/h2-10H,1H3/q+1. The molecule has 0 unspecified atom stereocenters. The van der Waals surface area contributed by atoms with Crippen LogP contribution in [0.15, 0.2) is 42.5 Å². The molecule has 0 radical (unpaired) electrons. The number of rotatable bonds is 3. The van der Waals surface area contributed by atoms with Gasteiger partial charge in [-0.1, -0.05) is 12.2 Å². The molecule has 0 saturated heterocycles. The van der Waals surface area contributed by atoms with E-state index in [0.29, 0.717) is 17.0 Å². The molecule has 2 rings (SSSR count). The molecular formula is C16H12N3O+. The number of benzene rings is 2. The molecule has 20 heavy (non-hydrogen) atoms. The summed E-state index contributed by atoms with van der Waals surface area (Å²) in [6.07, 6.45) is 3.74. The lowest BCUT2D eigenvalue weighted by Gasteiger charge is -2.02. The van der Waals surface area contributed by atoms with Crippen molar-refractivity contribution in [1.82, 2.24) is 0 Å². The SMILES string of the molecule is COc1ccc(C#N)c(C=Cc2ccc([N+]#N)cc2)c1. The summed E-state index contributed by atoms with van der Waals surface area (Å²) < 4.78 is 5.15. The number of ether oxygens (including phenoxy) is 1. The fraction of sp³-hybridized carbons (Fsp3) is 0.0625. The van der Waals surface area contributed by atoms with Crippen LogP contribution in [0.4, 0.5) is 5.69 Å². The minimum atomic E-state index is 0.501. The van der Waals surface area contributed by atoms with Gasteiger partial charge in [0.2, 0.25) is 5.39 Å². The van der Waals surface area contributed by atoms with Gasteiger partial charge in [0.05, 0.1) is 18.7 Å². The summed E-state index contributed by atoms with van der Waals surface area (Å²) in [6.45, 7) is 0. The van der Waals surface area contributed by atoms with Crippen LogP contribution in [0.5, 0.6) is 5.75 Å². The molecule has 0 aliphatic rings. The molecule has 0 atom stereocenters. The van der Waals surface area contributed by atoms with Crippen molar-refractivity contribution in [2.24, 2.45) is 0 Å². The van der Waals surface area contributed by atoms with Crippen LogP contribution in [0.3, 0.4) is 0 Å². The Hall–Kier alpha value is -3.11. The van der Waals surface area contributed by atoms with Gasteiger partial charge in [-0.15, -0.1) is 0 Å². The molecule has 0 heterocycles. The maximum atomic E-state index is 9.08. The van der Waals surface area contributed by atoms with Crippen molar-refractivity contribution in [2.45, 2.75) is 0 Å². The molecule has 0 spiro atoms. The van der Waals surface area contributed by atoms with Gasteiger partial charge in [0, 0.05) is 12.1 Å². The van der Waals surface area contributed by atoms with Crippen LogP contribution in [-0.4, -0.2) is 7.11 Å². The zero-order valence-corrected chi connectivity index (χ0v) is 10.9. The van der Waals surface area contributed by atoms with Crippen molar-refractivity contribution < 1.29 is 4.74 Å². The van der Waals surface area contributed by atoms with E-state index in [2.05, 4.69) is 11.0 Å². The second-order valence-electron chi connectivity index (χ2n) is 4.09. The Morgan fingerprint density at radius 2 is 1.85 bits per heavy atom. The van der Waals surface area contributed by atoms with Gasteiger partial charge in [0.25, 0.3) is 0 Å². The Kier molecular flexibility index (Phi) is 4.11. The summed E-state index contributed by atoms with van der Waals surface area (Å²) in [5, 5.41) is 17.7. The third-order valence-corrected chi connectivity index (χ3v) is 2.84. The van der Waals surface area contributed by atoms with Gasteiger partial charge < -0.3 is 4.74 Å². The number of methoxy groups -OCH3 is 1. The van der Waals surface area contributed by atoms with E-state index in [1.54, 1.807) is 31.4 Å². The molecule has 0 aliphatic heterocycles. The van der Waals surface area contributed by atoms with Crippen molar-refractivity contribution in [1.29, 1.82) is 10.7 Å². The van der Waals surface area contributed by atoms with E-state index in [9.17, 15) is 0 Å². The highest BCUT2D eigenvalue weighted by atomic mass is 16.5. The molecule has 0 saturated carbocycles. The van der Waals surface area contributed by atoms with E-state index in [1.807, 2.05) is 30.4 Å². The zero-order chi connectivity index (χ0) is 14.4. The van der Waals surface area contributed by atoms with E-state index < -0.39 is 0 Å². The van der Waals surface area contributed by atoms with Crippen molar-refractivity contribution in [3.63, 3.8) is 0 Å². The van der Waals surface area contributed by atoms with E-state index in [4.69, 9.17) is 15.4 Å². The number of nitriles is 1. The molecule has 0 aromatic heterocycles. The predicted octanol–water partition coefficient (Wildman–Crippen LogP) is 4.22. The topological polar surface area (TPSA) is 61.2 Å². The first-order valence-corrected chi connectivity index (χ1v) is 5.98. The molecule has 0 amide bonds. The minimum Gasteiger partial charge on any atom is -0.497 e. The van der Waals surface area contributed by atoms with Crippen molar-refractivity contribution >= 4 is 17.8 Å². The van der Waals surface area contributed by atoms with Crippen LogP contribution in [0.25, 0.3) is 17.1 Å². The van der Waals surface area contributed by atoms with Gasteiger partial charge in [-0.2, -0.15) is 5.26 Å². The highest BCUT2D eigenvalue weighted by Crippen LogP contribution is 2.20. The van der Waals surface area contributed by atoms with Crippen LogP contribution >= 0.6 is 0 Å². The van der Waals surface area contributed by atoms with Crippen LogP contribution < -0.4 is 4.74 Å². The second kappa shape index (κ2) is 6.17. The quantitative estimate of drug-likeness (QED) is 0.614. The van der Waals surface area contributed by atoms with Gasteiger partial charge in [-0.25, -0.2) is 0 Å². The zero-order valence-electron chi connectivity index (χ0n) is 10.9. The molecule has 2 aromatic rings. The van der Waals surface area contributed by atoms with Gasteiger partial charge in [-0.3, -0.25) is 0 Å². The van der Waals surface area contributed by atoms with Crippen LogP contribution in [0.2, 0.25) is 0 Å². The molecule has 2 aromatic carbocycles. The van der Waals surface area contributed by atoms with Crippen molar-refractivity contribution in [3.8, 4) is 11.8 Å². The highest BCUT2D eigenvalue weighted by molar-refractivity contribution is 5.73. The maximum Gasteiger partial charge on any atom is 0.385 e. The summed E-state index contributed by atoms with van der Waals surface area (Å²) in [6, 6.07) is 14.5. The largest absolute Gasteiger partial charge is 0.497 e. The van der Waals surface area contributed by atoms with E-state index in [0.717, 1.165) is 11.1 Å². The first kappa shape index (κ1) is 13.3. The Labute approximate surface area is 117 Å². The van der Waals surface area contributed by atoms with E-state index in [1.165, 1.54) is 0 Å². The average Bonchev–Trinajstić information content (AvgIpc) is 2.53. The second-order valence-corrected chi connectivity index (χ2v) is 4.09. The third kappa shape index (κ3) is 3.01. The van der Waals surface area contributed by atoms with Crippen LogP contribution in [0, 0.1) is 16.7 Å². The molecule has 0 bridgehead atoms. The summed E-state index contributed by atoms with van der Waals surface area (Å²) in [7, 11) is 1.59. The van der Waals surface area contributed by atoms with Gasteiger partial charge in [-0.05, 0) is 41.5 Å². The Morgan fingerprint density at radius 1 is 1.10 bits per heavy atom. The van der Waals surface area contributed by atoms with Crippen molar-refractivity contribution in [3.05, 3.63) is 64.1 Å². The normalized spacial score (nSPS) is 9.95. The summed E-state index contributed by atoms with van der Waals surface area (Å²) in [5.41, 5.74) is 2.83. The first-order valence-electron chi connectivity index (χ1n) is 5.98. The predicted molar refractivity (Wildman–Crippen MR) is 77.8 cm³/mol. The molecule has 0 aliphatic carbocycles. The van der Waals surface area contributed by atoms with Gasteiger partial charge >= 0.3 is 5.69 Å². The molecule has 0 N–H and O–H groups in total. The molecule has 96 valence electrons. The minimum absolute atomic E-state index is 0.501. The number of hydrogen-bond acceptors (Lipinski definition) is 3. The van der Waals surface area contributed by atoms with Crippen LogP contribution in [0.1, 0.15) is 16.7 Å². The Balaban J connectivity index is 2.30. The smallest absolute Gasteiger partial charge is 0.385 e. The number of diazo groups is 1. The third-order valence-electron chi connectivity index (χ3n) is 2.84. The molecular weight excluding hydrogens is 250 g/mol. The number of hydrogen-bond donors (Lipinski definition) is 0. The van der Waals surface area contributed by atoms with Crippen LogP contribution in [-0.2, 0) is 0 Å². The lowest BCUT2D eigenvalue weighted by atomic mass is 10.1. The molecule has 4 nitrogen and oxygen atoms in total. The first-order chi connectivity index (χ1) is 9.76. The molecule has 4 heteroatoms. The highest BCUT2D eigenvalue weighted by Gasteiger charge is 2.03. The lowest BCUT2D eigenvalue weighted by molar-refractivity contribution is 0.414. The van der Waals surface area contributed by atoms with Gasteiger partial charge in [0.1, 0.15) is 5.75 Å². The fourth-order valence-electron chi connectivity index (χ4n) is 1.75. The Morgan fingerprint density at radius 3 is 2.45 bits per heavy atom. The lowest BCUT2D eigenvalue weighted by Crippen LogP contribution is -1.86. The molecule has 0 fully saturated rings. The Bertz CT molecular complexity index is 719. The number of nitrogens with zero attached hydrogens (tertiary/aromatic N) is 3. The average molecular weight is 262 g/mol. The van der Waals surface area contributed by atoms with E-state index >= 15 is 0 Å². The summed E-state index contributed by atoms with van der Waals surface area (Å²) in [4.78, 5) is 3.10. The fourth-order valence-corrected chi connectivity index (χ4v) is 1.75. The maximum absolute atomic E-state index is 9.08. The summed E-state index contributed by atoms with van der Waals surface area (Å²) >= 11 is 0. The monoisotopic (exact) mass is 262 g/mol. The van der Waals surface area contributed by atoms with Gasteiger partial charge in [0.15, 0.2) is 4.98 Å². The van der Waals surface area contributed by atoms with Crippen molar-refractivity contribution in [2.75, 3.05) is 7.11 Å². The van der Waals surface area contributed by atoms with E-state index in [-0.39, 0.29) is 0 Å².